The molecule has 2 aromatic carbocycles. The second-order valence-corrected chi connectivity index (χ2v) is 6.28. The van der Waals surface area contributed by atoms with Crippen molar-refractivity contribution in [3.8, 4) is 0 Å². The highest BCUT2D eigenvalue weighted by Crippen LogP contribution is 2.21. The molecular weight excluding hydrogens is 333 g/mol. The summed E-state index contributed by atoms with van der Waals surface area (Å²) in [6, 6.07) is 15.4. The first kappa shape index (κ1) is 17.8. The molecule has 0 aliphatic heterocycles. The Kier molecular flexibility index (Phi) is 6.90. The van der Waals surface area contributed by atoms with Gasteiger partial charge in [-0.1, -0.05) is 53.5 Å². The van der Waals surface area contributed by atoms with Gasteiger partial charge in [-0.15, -0.1) is 0 Å². The van der Waals surface area contributed by atoms with E-state index in [0.717, 1.165) is 12.0 Å². The van der Waals surface area contributed by atoms with Crippen LogP contribution < -0.4 is 5.32 Å². The number of rotatable bonds is 8. The van der Waals surface area contributed by atoms with Crippen LogP contribution >= 0.6 is 23.2 Å². The normalized spacial score (nSPS) is 12.1. The molecule has 1 atom stereocenters. The summed E-state index contributed by atoms with van der Waals surface area (Å²) in [4.78, 5) is 10.9. The minimum absolute atomic E-state index is 0.0588. The maximum Gasteiger partial charge on any atom is 0.303 e. The monoisotopic (exact) mass is 351 g/mol. The first-order valence-electron chi connectivity index (χ1n) is 7.47. The smallest absolute Gasteiger partial charge is 0.303 e. The van der Waals surface area contributed by atoms with Crippen molar-refractivity contribution in [1.29, 1.82) is 0 Å². The van der Waals surface area contributed by atoms with Crippen LogP contribution in [0.2, 0.25) is 10.0 Å². The van der Waals surface area contributed by atoms with E-state index in [1.807, 2.05) is 36.4 Å². The molecule has 0 bridgehead atoms. The zero-order valence-electron chi connectivity index (χ0n) is 12.6. The van der Waals surface area contributed by atoms with Gasteiger partial charge in [0.2, 0.25) is 0 Å². The molecule has 1 unspecified atom stereocenters. The lowest BCUT2D eigenvalue weighted by Crippen LogP contribution is -2.31. The minimum atomic E-state index is -0.786. The van der Waals surface area contributed by atoms with Crippen LogP contribution in [0.25, 0.3) is 0 Å². The predicted molar refractivity (Wildman–Crippen MR) is 94.1 cm³/mol. The van der Waals surface area contributed by atoms with Gasteiger partial charge in [0, 0.05) is 29.1 Å². The van der Waals surface area contributed by atoms with E-state index in [1.54, 1.807) is 12.1 Å². The zero-order valence-corrected chi connectivity index (χ0v) is 14.1. The van der Waals surface area contributed by atoms with Crippen LogP contribution in [0.5, 0.6) is 0 Å². The summed E-state index contributed by atoms with van der Waals surface area (Å²) in [5, 5.41) is 13.6. The molecule has 0 radical (unpaired) electrons. The number of hydrogen-bond donors (Lipinski definition) is 2. The molecule has 0 saturated heterocycles. The molecule has 0 aliphatic carbocycles. The lowest BCUT2D eigenvalue weighted by molar-refractivity contribution is -0.137. The van der Waals surface area contributed by atoms with Crippen molar-refractivity contribution >= 4 is 29.2 Å². The largest absolute Gasteiger partial charge is 0.481 e. The summed E-state index contributed by atoms with van der Waals surface area (Å²) >= 11 is 12.2. The van der Waals surface area contributed by atoms with Crippen LogP contribution in [0.4, 0.5) is 0 Å². The molecule has 2 rings (SSSR count). The third-order valence-corrected chi connectivity index (χ3v) is 4.22. The van der Waals surface area contributed by atoms with Crippen molar-refractivity contribution in [1.82, 2.24) is 5.32 Å². The highest BCUT2D eigenvalue weighted by Gasteiger charge is 2.12. The maximum absolute atomic E-state index is 10.9. The average Bonchev–Trinajstić information content (AvgIpc) is 2.54. The van der Waals surface area contributed by atoms with Crippen LogP contribution in [-0.2, 0) is 17.8 Å². The van der Waals surface area contributed by atoms with E-state index in [0.29, 0.717) is 23.0 Å². The van der Waals surface area contributed by atoms with Gasteiger partial charge in [-0.05, 0) is 42.2 Å². The van der Waals surface area contributed by atoms with E-state index in [4.69, 9.17) is 28.3 Å². The van der Waals surface area contributed by atoms with Crippen molar-refractivity contribution in [3.05, 3.63) is 69.7 Å². The van der Waals surface area contributed by atoms with E-state index >= 15 is 0 Å². The first-order valence-corrected chi connectivity index (χ1v) is 8.23. The number of aliphatic carboxylic acids is 1. The molecular formula is C18H19Cl2NO2. The van der Waals surface area contributed by atoms with E-state index in [9.17, 15) is 4.79 Å². The van der Waals surface area contributed by atoms with Crippen LogP contribution in [0.3, 0.4) is 0 Å². The van der Waals surface area contributed by atoms with Gasteiger partial charge in [0.15, 0.2) is 0 Å². The second kappa shape index (κ2) is 8.92. The number of carboxylic acids is 1. The van der Waals surface area contributed by atoms with Crippen LogP contribution in [0.1, 0.15) is 24.0 Å². The Labute approximate surface area is 146 Å². The summed E-state index contributed by atoms with van der Waals surface area (Å²) in [5.74, 6) is -0.786. The average molecular weight is 352 g/mol. The van der Waals surface area contributed by atoms with Crippen LogP contribution in [-0.4, -0.2) is 17.1 Å². The third kappa shape index (κ3) is 6.22. The number of carbonyl (C=O) groups is 1. The molecule has 0 saturated carbocycles. The molecule has 0 fully saturated rings. The van der Waals surface area contributed by atoms with Gasteiger partial charge in [0.25, 0.3) is 0 Å². The maximum atomic E-state index is 10.9. The van der Waals surface area contributed by atoms with E-state index in [-0.39, 0.29) is 12.5 Å². The highest BCUT2D eigenvalue weighted by atomic mass is 35.5. The van der Waals surface area contributed by atoms with Crippen LogP contribution in [0.15, 0.2) is 48.5 Å². The van der Waals surface area contributed by atoms with Gasteiger partial charge >= 0.3 is 5.97 Å². The fourth-order valence-corrected chi connectivity index (χ4v) is 2.78. The third-order valence-electron chi connectivity index (χ3n) is 3.62. The van der Waals surface area contributed by atoms with Crippen LogP contribution in [0, 0.1) is 0 Å². The Bertz CT molecular complexity index is 647. The van der Waals surface area contributed by atoms with Crippen molar-refractivity contribution in [2.75, 3.05) is 0 Å². The fourth-order valence-electron chi connectivity index (χ4n) is 2.41. The van der Waals surface area contributed by atoms with Gasteiger partial charge in [0.05, 0.1) is 0 Å². The Morgan fingerprint density at radius 3 is 2.57 bits per heavy atom. The van der Waals surface area contributed by atoms with Gasteiger partial charge in [-0.25, -0.2) is 0 Å². The first-order chi connectivity index (χ1) is 11.0. The molecule has 0 aliphatic rings. The number of halogens is 2. The molecule has 0 aromatic heterocycles. The molecule has 0 spiro atoms. The Balaban J connectivity index is 2.01. The number of nitrogens with one attached hydrogen (secondary N) is 1. The molecule has 23 heavy (non-hydrogen) atoms. The van der Waals surface area contributed by atoms with Gasteiger partial charge < -0.3 is 10.4 Å². The Morgan fingerprint density at radius 2 is 1.87 bits per heavy atom. The standard InChI is InChI=1S/C18H19Cl2NO2/c19-15-6-8-17(20)14(11-15)12-21-16(7-9-18(22)23)10-13-4-2-1-3-5-13/h1-6,8,11,16,21H,7,9-10,12H2,(H,22,23). The summed E-state index contributed by atoms with van der Waals surface area (Å²) in [6.07, 6.45) is 1.46. The number of benzene rings is 2. The summed E-state index contributed by atoms with van der Waals surface area (Å²) < 4.78 is 0. The highest BCUT2D eigenvalue weighted by molar-refractivity contribution is 6.33. The summed E-state index contributed by atoms with van der Waals surface area (Å²) in [5.41, 5.74) is 2.08. The molecule has 2 N–H and O–H groups in total. The molecule has 0 heterocycles. The SMILES string of the molecule is O=C(O)CCC(Cc1ccccc1)NCc1cc(Cl)ccc1Cl. The van der Waals surface area contributed by atoms with Crippen molar-refractivity contribution in [2.45, 2.75) is 31.8 Å². The molecule has 5 heteroatoms. The molecule has 3 nitrogen and oxygen atoms in total. The van der Waals surface area contributed by atoms with E-state index < -0.39 is 5.97 Å². The number of hydrogen-bond acceptors (Lipinski definition) is 2. The summed E-state index contributed by atoms with van der Waals surface area (Å²) in [7, 11) is 0. The Morgan fingerprint density at radius 1 is 1.13 bits per heavy atom. The lowest BCUT2D eigenvalue weighted by atomic mass is 10.0. The number of carboxylic acid groups (broad SMARTS) is 1. The fraction of sp³-hybridized carbons (Fsp3) is 0.278. The van der Waals surface area contributed by atoms with E-state index in [1.165, 1.54) is 5.56 Å². The molecule has 122 valence electrons. The van der Waals surface area contributed by atoms with Gasteiger partial charge in [0.1, 0.15) is 0 Å². The van der Waals surface area contributed by atoms with Gasteiger partial charge in [-0.2, -0.15) is 0 Å². The van der Waals surface area contributed by atoms with E-state index in [2.05, 4.69) is 5.32 Å². The molecule has 2 aromatic rings. The lowest BCUT2D eigenvalue weighted by Gasteiger charge is -2.19. The quantitative estimate of drug-likeness (QED) is 0.732. The topological polar surface area (TPSA) is 49.3 Å². The Hall–Kier alpha value is -1.55. The minimum Gasteiger partial charge on any atom is -0.481 e. The summed E-state index contributed by atoms with van der Waals surface area (Å²) in [6.45, 7) is 0.552. The predicted octanol–water partition coefficient (Wildman–Crippen LogP) is 4.56. The van der Waals surface area contributed by atoms with Crippen molar-refractivity contribution in [3.63, 3.8) is 0 Å². The zero-order chi connectivity index (χ0) is 16.7. The van der Waals surface area contributed by atoms with Gasteiger partial charge in [-0.3, -0.25) is 4.79 Å². The second-order valence-electron chi connectivity index (χ2n) is 5.44. The molecule has 0 amide bonds. The van der Waals surface area contributed by atoms with Crippen molar-refractivity contribution in [2.24, 2.45) is 0 Å². The van der Waals surface area contributed by atoms with Crippen molar-refractivity contribution < 1.29 is 9.90 Å².